The Labute approximate surface area is 113 Å². The molecule has 0 atom stereocenters. The van der Waals surface area contributed by atoms with Crippen molar-refractivity contribution >= 4 is 0 Å². The van der Waals surface area contributed by atoms with Crippen LogP contribution in [0.4, 0.5) is 4.39 Å². The minimum Gasteiger partial charge on any atom is -0.457 e. The summed E-state index contributed by atoms with van der Waals surface area (Å²) in [5.74, 6) is 0.955. The zero-order valence-electron chi connectivity index (χ0n) is 11.2. The molecule has 0 aliphatic rings. The Hall–Kier alpha value is -1.87. The van der Waals surface area contributed by atoms with Crippen LogP contribution in [-0.4, -0.2) is 6.54 Å². The van der Waals surface area contributed by atoms with Crippen LogP contribution in [0.2, 0.25) is 0 Å². The number of rotatable bonds is 4. The monoisotopic (exact) mass is 259 g/mol. The summed E-state index contributed by atoms with van der Waals surface area (Å²) in [6, 6.07) is 10.6. The molecule has 0 amide bonds. The molecule has 100 valence electrons. The Morgan fingerprint density at radius 3 is 2.58 bits per heavy atom. The highest BCUT2D eigenvalue weighted by molar-refractivity contribution is 5.40. The lowest BCUT2D eigenvalue weighted by Crippen LogP contribution is -2.03. The molecule has 0 saturated heterocycles. The van der Waals surface area contributed by atoms with Crippen molar-refractivity contribution < 1.29 is 9.13 Å². The van der Waals surface area contributed by atoms with E-state index in [-0.39, 0.29) is 5.82 Å². The molecule has 0 heterocycles. The van der Waals surface area contributed by atoms with Gasteiger partial charge in [0.25, 0.3) is 0 Å². The van der Waals surface area contributed by atoms with Gasteiger partial charge in [0.1, 0.15) is 17.3 Å². The van der Waals surface area contributed by atoms with E-state index in [2.05, 4.69) is 0 Å². The maximum Gasteiger partial charge on any atom is 0.130 e. The Bertz CT molecular complexity index is 581. The topological polar surface area (TPSA) is 35.2 Å². The summed E-state index contributed by atoms with van der Waals surface area (Å²) in [6.07, 6.45) is 0.640. The standard InChI is InChI=1S/C16H18FNO/c1-11-3-4-16(12(2)7-11)19-15-9-13(5-6-18)8-14(17)10-15/h3-4,7-10H,5-6,18H2,1-2H3. The van der Waals surface area contributed by atoms with Crippen molar-refractivity contribution in [1.82, 2.24) is 0 Å². The minimum absolute atomic E-state index is 0.300. The van der Waals surface area contributed by atoms with Crippen molar-refractivity contribution in [3.05, 3.63) is 58.9 Å². The summed E-state index contributed by atoms with van der Waals surface area (Å²) in [7, 11) is 0. The van der Waals surface area contributed by atoms with Gasteiger partial charge in [-0.1, -0.05) is 17.7 Å². The Kier molecular flexibility index (Phi) is 4.17. The van der Waals surface area contributed by atoms with Crippen molar-refractivity contribution in [2.75, 3.05) is 6.54 Å². The van der Waals surface area contributed by atoms with Gasteiger partial charge in [-0.05, 0) is 56.1 Å². The van der Waals surface area contributed by atoms with Crippen LogP contribution >= 0.6 is 0 Å². The molecule has 2 aromatic rings. The molecule has 0 spiro atoms. The normalized spacial score (nSPS) is 10.5. The fourth-order valence-corrected chi connectivity index (χ4v) is 2.03. The molecule has 0 aliphatic carbocycles. The second kappa shape index (κ2) is 5.85. The van der Waals surface area contributed by atoms with Gasteiger partial charge in [-0.25, -0.2) is 4.39 Å². The summed E-state index contributed by atoms with van der Waals surface area (Å²) in [5.41, 5.74) is 8.55. The van der Waals surface area contributed by atoms with Gasteiger partial charge < -0.3 is 10.5 Å². The van der Waals surface area contributed by atoms with Crippen LogP contribution in [-0.2, 0) is 6.42 Å². The van der Waals surface area contributed by atoms with Crippen LogP contribution in [0.3, 0.4) is 0 Å². The average molecular weight is 259 g/mol. The molecule has 0 aromatic heterocycles. The van der Waals surface area contributed by atoms with Gasteiger partial charge in [-0.2, -0.15) is 0 Å². The number of hydrogen-bond acceptors (Lipinski definition) is 2. The first kappa shape index (κ1) is 13.6. The van der Waals surface area contributed by atoms with Crippen LogP contribution in [0.15, 0.2) is 36.4 Å². The largest absolute Gasteiger partial charge is 0.457 e. The van der Waals surface area contributed by atoms with Crippen molar-refractivity contribution in [3.63, 3.8) is 0 Å². The number of ether oxygens (including phenoxy) is 1. The second-order valence-electron chi connectivity index (χ2n) is 4.70. The van der Waals surface area contributed by atoms with E-state index in [1.165, 1.54) is 17.7 Å². The van der Waals surface area contributed by atoms with Crippen molar-refractivity contribution in [3.8, 4) is 11.5 Å². The third-order valence-electron chi connectivity index (χ3n) is 2.92. The molecule has 19 heavy (non-hydrogen) atoms. The van der Waals surface area contributed by atoms with Crippen LogP contribution in [0.1, 0.15) is 16.7 Å². The van der Waals surface area contributed by atoms with Gasteiger partial charge in [-0.3, -0.25) is 0 Å². The quantitative estimate of drug-likeness (QED) is 0.907. The number of benzene rings is 2. The highest BCUT2D eigenvalue weighted by Gasteiger charge is 2.05. The van der Waals surface area contributed by atoms with Gasteiger partial charge >= 0.3 is 0 Å². The molecule has 2 N–H and O–H groups in total. The molecule has 0 fully saturated rings. The Balaban J connectivity index is 2.27. The van der Waals surface area contributed by atoms with E-state index in [0.717, 1.165) is 16.9 Å². The van der Waals surface area contributed by atoms with Crippen molar-refractivity contribution in [2.45, 2.75) is 20.3 Å². The van der Waals surface area contributed by atoms with Gasteiger partial charge in [0, 0.05) is 6.07 Å². The van der Waals surface area contributed by atoms with E-state index >= 15 is 0 Å². The fraction of sp³-hybridized carbons (Fsp3) is 0.250. The summed E-state index contributed by atoms with van der Waals surface area (Å²) in [5, 5.41) is 0. The molecule has 0 aliphatic heterocycles. The fourth-order valence-electron chi connectivity index (χ4n) is 2.03. The first-order chi connectivity index (χ1) is 9.08. The molecule has 0 radical (unpaired) electrons. The summed E-state index contributed by atoms with van der Waals surface area (Å²) in [6.45, 7) is 4.49. The zero-order valence-corrected chi connectivity index (χ0v) is 11.2. The van der Waals surface area contributed by atoms with Crippen LogP contribution in [0.25, 0.3) is 0 Å². The van der Waals surface area contributed by atoms with Crippen LogP contribution in [0, 0.1) is 19.7 Å². The number of hydrogen-bond donors (Lipinski definition) is 1. The number of halogens is 1. The predicted octanol–water partition coefficient (Wildman–Crippen LogP) is 3.74. The summed E-state index contributed by atoms with van der Waals surface area (Å²) < 4.78 is 19.2. The van der Waals surface area contributed by atoms with Gasteiger partial charge in [0.2, 0.25) is 0 Å². The molecule has 2 nitrogen and oxygen atoms in total. The third kappa shape index (κ3) is 3.55. The lowest BCUT2D eigenvalue weighted by molar-refractivity contribution is 0.472. The van der Waals surface area contributed by atoms with E-state index in [9.17, 15) is 4.39 Å². The predicted molar refractivity (Wildman–Crippen MR) is 75.1 cm³/mol. The molecule has 0 bridgehead atoms. The second-order valence-corrected chi connectivity index (χ2v) is 4.70. The molecular weight excluding hydrogens is 241 g/mol. The number of nitrogens with two attached hydrogens (primary N) is 1. The SMILES string of the molecule is Cc1ccc(Oc2cc(F)cc(CCN)c2)c(C)c1. The van der Waals surface area contributed by atoms with Crippen molar-refractivity contribution in [2.24, 2.45) is 5.73 Å². The molecular formula is C16H18FNO. The van der Waals surface area contributed by atoms with Crippen LogP contribution < -0.4 is 10.5 Å². The van der Waals surface area contributed by atoms with E-state index in [4.69, 9.17) is 10.5 Å². The molecule has 0 saturated carbocycles. The maximum absolute atomic E-state index is 13.5. The van der Waals surface area contributed by atoms with Gasteiger partial charge in [0.05, 0.1) is 0 Å². The Morgan fingerprint density at radius 2 is 1.89 bits per heavy atom. The van der Waals surface area contributed by atoms with Crippen LogP contribution in [0.5, 0.6) is 11.5 Å². The molecule has 2 aromatic carbocycles. The third-order valence-corrected chi connectivity index (χ3v) is 2.92. The Morgan fingerprint density at radius 1 is 1.11 bits per heavy atom. The van der Waals surface area contributed by atoms with Crippen molar-refractivity contribution in [1.29, 1.82) is 0 Å². The molecule has 3 heteroatoms. The van der Waals surface area contributed by atoms with Gasteiger partial charge in [-0.15, -0.1) is 0 Å². The molecule has 2 rings (SSSR count). The minimum atomic E-state index is -0.300. The van der Waals surface area contributed by atoms with E-state index < -0.39 is 0 Å². The lowest BCUT2D eigenvalue weighted by Gasteiger charge is -2.11. The smallest absolute Gasteiger partial charge is 0.130 e. The van der Waals surface area contributed by atoms with Gasteiger partial charge in [0.15, 0.2) is 0 Å². The van der Waals surface area contributed by atoms with E-state index in [1.807, 2.05) is 38.1 Å². The highest BCUT2D eigenvalue weighted by atomic mass is 19.1. The maximum atomic E-state index is 13.5. The van der Waals surface area contributed by atoms with E-state index in [1.54, 1.807) is 0 Å². The zero-order chi connectivity index (χ0) is 13.8. The first-order valence-corrected chi connectivity index (χ1v) is 6.33. The average Bonchev–Trinajstić information content (AvgIpc) is 2.32. The molecule has 0 unspecified atom stereocenters. The number of aryl methyl sites for hydroxylation is 2. The highest BCUT2D eigenvalue weighted by Crippen LogP contribution is 2.27. The summed E-state index contributed by atoms with van der Waals surface area (Å²) >= 11 is 0. The van der Waals surface area contributed by atoms with E-state index in [0.29, 0.717) is 18.7 Å². The first-order valence-electron chi connectivity index (χ1n) is 6.33. The lowest BCUT2D eigenvalue weighted by atomic mass is 10.1. The summed E-state index contributed by atoms with van der Waals surface area (Å²) in [4.78, 5) is 0.